The van der Waals surface area contributed by atoms with Crippen molar-refractivity contribution in [2.24, 2.45) is 5.73 Å². The van der Waals surface area contributed by atoms with Crippen LogP contribution in [0.25, 0.3) is 0 Å². The van der Waals surface area contributed by atoms with Crippen molar-refractivity contribution < 1.29 is 5.11 Å². The van der Waals surface area contributed by atoms with Crippen LogP contribution in [0.5, 0.6) is 0 Å². The van der Waals surface area contributed by atoms with Gasteiger partial charge in [-0.15, -0.1) is 0 Å². The Bertz CT molecular complexity index is 224. The summed E-state index contributed by atoms with van der Waals surface area (Å²) in [5, 5.41) is 12.4. The average Bonchev–Trinajstić information content (AvgIpc) is 2.76. The molecular weight excluding hydrogens is 202 g/mol. The highest BCUT2D eigenvalue weighted by Gasteiger charge is 2.40. The molecule has 2 aliphatic rings. The number of aliphatic hydroxyl groups excluding tert-OH is 1. The molecule has 0 amide bonds. The summed E-state index contributed by atoms with van der Waals surface area (Å²) >= 11 is 0. The monoisotopic (exact) mass is 227 g/mol. The van der Waals surface area contributed by atoms with Gasteiger partial charge in [0.15, 0.2) is 0 Å². The molecule has 0 saturated carbocycles. The van der Waals surface area contributed by atoms with Crippen LogP contribution in [0, 0.1) is 0 Å². The molecule has 4 nitrogen and oxygen atoms in total. The molecule has 2 unspecified atom stereocenters. The van der Waals surface area contributed by atoms with Crippen LogP contribution in [0.1, 0.15) is 32.1 Å². The Labute approximate surface area is 98.2 Å². The van der Waals surface area contributed by atoms with Gasteiger partial charge < -0.3 is 21.1 Å². The van der Waals surface area contributed by atoms with Crippen molar-refractivity contribution in [3.8, 4) is 0 Å². The number of rotatable bonds is 5. The van der Waals surface area contributed by atoms with Gasteiger partial charge in [0.05, 0.1) is 0 Å². The minimum absolute atomic E-state index is 0.140. The van der Waals surface area contributed by atoms with E-state index in [-0.39, 0.29) is 12.1 Å². The van der Waals surface area contributed by atoms with Gasteiger partial charge >= 0.3 is 0 Å². The first-order chi connectivity index (χ1) is 7.79. The first-order valence-corrected chi connectivity index (χ1v) is 6.60. The van der Waals surface area contributed by atoms with Gasteiger partial charge in [-0.05, 0) is 45.2 Å². The minimum atomic E-state index is 0.140. The molecule has 16 heavy (non-hydrogen) atoms. The highest BCUT2D eigenvalue weighted by molar-refractivity contribution is 5.00. The summed E-state index contributed by atoms with van der Waals surface area (Å²) in [5.41, 5.74) is 6.10. The highest BCUT2D eigenvalue weighted by atomic mass is 16.3. The van der Waals surface area contributed by atoms with Crippen LogP contribution in [0.2, 0.25) is 0 Å². The Morgan fingerprint density at radius 1 is 1.44 bits per heavy atom. The van der Waals surface area contributed by atoms with E-state index in [1.165, 1.54) is 32.4 Å². The van der Waals surface area contributed by atoms with Gasteiger partial charge in [0, 0.05) is 31.3 Å². The molecule has 0 spiro atoms. The number of aliphatic hydroxyl groups is 1. The quantitative estimate of drug-likeness (QED) is 0.575. The summed E-state index contributed by atoms with van der Waals surface area (Å²) in [4.78, 5) is 2.61. The molecular formula is C12H25N3O. The van der Waals surface area contributed by atoms with Gasteiger partial charge in [-0.1, -0.05) is 0 Å². The van der Waals surface area contributed by atoms with E-state index in [1.54, 1.807) is 0 Å². The number of piperidine rings is 1. The second kappa shape index (κ2) is 5.45. The summed E-state index contributed by atoms with van der Waals surface area (Å²) in [6.07, 6.45) is 5.86. The van der Waals surface area contributed by atoms with Crippen molar-refractivity contribution in [3.05, 3.63) is 0 Å². The lowest BCUT2D eigenvalue weighted by atomic mass is 9.83. The van der Waals surface area contributed by atoms with E-state index in [2.05, 4.69) is 10.2 Å². The number of fused-ring (bicyclic) bond motifs is 1. The summed E-state index contributed by atoms with van der Waals surface area (Å²) in [6.45, 7) is 4.35. The van der Waals surface area contributed by atoms with Gasteiger partial charge in [-0.2, -0.15) is 0 Å². The third-order valence-electron chi connectivity index (χ3n) is 4.23. The summed E-state index contributed by atoms with van der Waals surface area (Å²) in [5.74, 6) is 0. The van der Waals surface area contributed by atoms with Gasteiger partial charge in [0.25, 0.3) is 0 Å². The molecule has 0 radical (unpaired) electrons. The maximum Gasteiger partial charge on any atom is 0.0443 e. The Morgan fingerprint density at radius 2 is 2.31 bits per heavy atom. The molecule has 4 N–H and O–H groups in total. The Kier molecular flexibility index (Phi) is 4.19. The predicted molar refractivity (Wildman–Crippen MR) is 65.3 cm³/mol. The second-order valence-corrected chi connectivity index (χ2v) is 5.27. The van der Waals surface area contributed by atoms with Crippen LogP contribution in [0.3, 0.4) is 0 Å². The lowest BCUT2D eigenvalue weighted by Crippen LogP contribution is -2.59. The van der Waals surface area contributed by atoms with Crippen molar-refractivity contribution in [2.45, 2.75) is 43.7 Å². The van der Waals surface area contributed by atoms with E-state index in [9.17, 15) is 0 Å². The number of nitrogens with zero attached hydrogens (tertiary/aromatic N) is 1. The molecule has 4 heteroatoms. The standard InChI is InChI=1S/C12H25N3O/c13-10-12(14-5-2-8-16)4-7-15-6-1-3-11(15)9-12/h11,14,16H,1-10,13H2. The summed E-state index contributed by atoms with van der Waals surface area (Å²) in [6, 6.07) is 0.749. The van der Waals surface area contributed by atoms with Crippen LogP contribution in [0.4, 0.5) is 0 Å². The first kappa shape index (κ1) is 12.3. The van der Waals surface area contributed by atoms with Crippen LogP contribution >= 0.6 is 0 Å². The van der Waals surface area contributed by atoms with Crippen LogP contribution in [-0.4, -0.2) is 54.4 Å². The SMILES string of the molecule is NCC1(NCCCO)CCN2CCCC2C1. The second-order valence-electron chi connectivity index (χ2n) is 5.27. The molecule has 2 saturated heterocycles. The number of nitrogens with two attached hydrogens (primary N) is 1. The van der Waals surface area contributed by atoms with Gasteiger partial charge in [0.2, 0.25) is 0 Å². The van der Waals surface area contributed by atoms with E-state index in [1.807, 2.05) is 0 Å². The molecule has 2 atom stereocenters. The molecule has 0 bridgehead atoms. The largest absolute Gasteiger partial charge is 0.396 e. The van der Waals surface area contributed by atoms with Crippen LogP contribution in [-0.2, 0) is 0 Å². The normalized spacial score (nSPS) is 35.2. The Hall–Kier alpha value is -0.160. The van der Waals surface area contributed by atoms with E-state index in [0.717, 1.165) is 32.0 Å². The number of hydrogen-bond donors (Lipinski definition) is 3. The molecule has 2 aliphatic heterocycles. The maximum atomic E-state index is 8.82. The van der Waals surface area contributed by atoms with Crippen molar-refractivity contribution in [3.63, 3.8) is 0 Å². The number of hydrogen-bond acceptors (Lipinski definition) is 4. The highest BCUT2D eigenvalue weighted by Crippen LogP contribution is 2.32. The average molecular weight is 227 g/mol. The molecule has 0 aromatic carbocycles. The third-order valence-corrected chi connectivity index (χ3v) is 4.23. The molecule has 0 aromatic heterocycles. The van der Waals surface area contributed by atoms with E-state index in [4.69, 9.17) is 10.8 Å². The lowest BCUT2D eigenvalue weighted by Gasteiger charge is -2.44. The van der Waals surface area contributed by atoms with Gasteiger partial charge in [-0.3, -0.25) is 0 Å². The zero-order valence-electron chi connectivity index (χ0n) is 10.1. The molecule has 0 aliphatic carbocycles. The van der Waals surface area contributed by atoms with E-state index in [0.29, 0.717) is 0 Å². The first-order valence-electron chi connectivity index (χ1n) is 6.60. The molecule has 0 aromatic rings. The van der Waals surface area contributed by atoms with Crippen molar-refractivity contribution in [2.75, 3.05) is 32.8 Å². The molecule has 2 heterocycles. The lowest BCUT2D eigenvalue weighted by molar-refractivity contribution is 0.109. The van der Waals surface area contributed by atoms with Crippen LogP contribution < -0.4 is 11.1 Å². The molecule has 94 valence electrons. The fraction of sp³-hybridized carbons (Fsp3) is 1.00. The smallest absolute Gasteiger partial charge is 0.0443 e. The van der Waals surface area contributed by atoms with Crippen LogP contribution in [0.15, 0.2) is 0 Å². The summed E-state index contributed by atoms with van der Waals surface area (Å²) in [7, 11) is 0. The van der Waals surface area contributed by atoms with Gasteiger partial charge in [0.1, 0.15) is 0 Å². The Balaban J connectivity index is 1.88. The predicted octanol–water partition coefficient (Wildman–Crippen LogP) is -0.0859. The van der Waals surface area contributed by atoms with E-state index < -0.39 is 0 Å². The maximum absolute atomic E-state index is 8.82. The molecule has 2 fully saturated rings. The fourth-order valence-corrected chi connectivity index (χ4v) is 3.18. The fourth-order valence-electron chi connectivity index (χ4n) is 3.18. The Morgan fingerprint density at radius 3 is 3.06 bits per heavy atom. The van der Waals surface area contributed by atoms with E-state index >= 15 is 0 Å². The number of nitrogens with one attached hydrogen (secondary N) is 1. The topological polar surface area (TPSA) is 61.5 Å². The third kappa shape index (κ3) is 2.56. The van der Waals surface area contributed by atoms with Crippen molar-refractivity contribution in [1.82, 2.24) is 10.2 Å². The zero-order chi connectivity index (χ0) is 11.4. The summed E-state index contributed by atoms with van der Waals surface area (Å²) < 4.78 is 0. The van der Waals surface area contributed by atoms with Crippen molar-refractivity contribution >= 4 is 0 Å². The minimum Gasteiger partial charge on any atom is -0.396 e. The van der Waals surface area contributed by atoms with Crippen molar-refractivity contribution in [1.29, 1.82) is 0 Å². The van der Waals surface area contributed by atoms with Gasteiger partial charge in [-0.25, -0.2) is 0 Å². The molecule has 2 rings (SSSR count). The zero-order valence-corrected chi connectivity index (χ0v) is 10.1.